The van der Waals surface area contributed by atoms with E-state index < -0.39 is 0 Å². The fourth-order valence-corrected chi connectivity index (χ4v) is 0.808. The van der Waals surface area contributed by atoms with Gasteiger partial charge in [0, 0.05) is 17.8 Å². The van der Waals surface area contributed by atoms with E-state index >= 15 is 0 Å². The van der Waals surface area contributed by atoms with Crippen LogP contribution in [0.2, 0.25) is 0 Å². The summed E-state index contributed by atoms with van der Waals surface area (Å²) in [5, 5.41) is 9.27. The molecule has 0 fully saturated rings. The second kappa shape index (κ2) is 3.71. The van der Waals surface area contributed by atoms with E-state index in [4.69, 9.17) is 0 Å². The highest BCUT2D eigenvalue weighted by Gasteiger charge is 2.00. The van der Waals surface area contributed by atoms with Gasteiger partial charge < -0.3 is 5.32 Å². The Kier molecular flexibility index (Phi) is 2.63. The van der Waals surface area contributed by atoms with Gasteiger partial charge in [-0.05, 0) is 13.0 Å². The maximum Gasteiger partial charge on any atom is 0.243 e. The zero-order valence-corrected chi connectivity index (χ0v) is 6.92. The molecule has 4 heteroatoms. The summed E-state index contributed by atoms with van der Waals surface area (Å²) in [6, 6.07) is 0. The third-order valence-electron chi connectivity index (χ3n) is 1.57. The Labute approximate surface area is 70.7 Å². The summed E-state index contributed by atoms with van der Waals surface area (Å²) in [6.07, 6.45) is 2.94. The molecule has 0 unspecified atom stereocenters. The van der Waals surface area contributed by atoms with Crippen molar-refractivity contribution in [2.24, 2.45) is 0 Å². The molecule has 1 heterocycles. The highest BCUT2D eigenvalue weighted by atomic mass is 16.1. The van der Waals surface area contributed by atoms with Gasteiger partial charge in [0.2, 0.25) is 5.91 Å². The third kappa shape index (κ3) is 1.95. The summed E-state index contributed by atoms with van der Waals surface area (Å²) in [6.45, 7) is 5.75. The minimum absolute atomic E-state index is 0.171. The molecule has 1 rings (SSSR count). The molecular weight excluding hydrogens is 154 g/mol. The van der Waals surface area contributed by atoms with Gasteiger partial charge in [-0.1, -0.05) is 6.58 Å². The first-order valence-electron chi connectivity index (χ1n) is 3.63. The molecule has 1 aromatic rings. The van der Waals surface area contributed by atoms with Gasteiger partial charge in [-0.2, -0.15) is 5.10 Å². The highest BCUT2D eigenvalue weighted by Crippen LogP contribution is 2.00. The number of rotatable bonds is 3. The average Bonchev–Trinajstić information content (AvgIpc) is 2.47. The van der Waals surface area contributed by atoms with Crippen molar-refractivity contribution in [3.63, 3.8) is 0 Å². The number of hydrogen-bond donors (Lipinski definition) is 2. The number of hydrogen-bond acceptors (Lipinski definition) is 2. The lowest BCUT2D eigenvalue weighted by Gasteiger charge is -1.99. The second-order valence-corrected chi connectivity index (χ2v) is 2.44. The molecule has 0 aliphatic carbocycles. The molecule has 4 nitrogen and oxygen atoms in total. The largest absolute Gasteiger partial charge is 0.348 e. The molecule has 64 valence electrons. The number of aryl methyl sites for hydroxylation is 1. The first-order chi connectivity index (χ1) is 5.74. The smallest absolute Gasteiger partial charge is 0.243 e. The van der Waals surface area contributed by atoms with Crippen LogP contribution in [0.3, 0.4) is 0 Å². The van der Waals surface area contributed by atoms with Crippen LogP contribution in [0.1, 0.15) is 11.3 Å². The van der Waals surface area contributed by atoms with Gasteiger partial charge in [0.15, 0.2) is 0 Å². The quantitative estimate of drug-likeness (QED) is 0.641. The van der Waals surface area contributed by atoms with Crippen LogP contribution in [0.25, 0.3) is 0 Å². The van der Waals surface area contributed by atoms with Crippen LogP contribution >= 0.6 is 0 Å². The lowest BCUT2D eigenvalue weighted by atomic mass is 10.2. The van der Waals surface area contributed by atoms with Crippen molar-refractivity contribution in [3.8, 4) is 0 Å². The Morgan fingerprint density at radius 3 is 3.17 bits per heavy atom. The van der Waals surface area contributed by atoms with E-state index in [1.54, 1.807) is 6.20 Å². The van der Waals surface area contributed by atoms with Crippen LogP contribution in [0.4, 0.5) is 0 Å². The van der Waals surface area contributed by atoms with Crippen LogP contribution in [-0.2, 0) is 11.3 Å². The summed E-state index contributed by atoms with van der Waals surface area (Å²) in [5.74, 6) is -0.171. The summed E-state index contributed by atoms with van der Waals surface area (Å²) >= 11 is 0. The Bertz CT molecular complexity index is 290. The van der Waals surface area contributed by atoms with Crippen molar-refractivity contribution in [1.29, 1.82) is 0 Å². The van der Waals surface area contributed by atoms with Crippen molar-refractivity contribution in [2.75, 3.05) is 0 Å². The first kappa shape index (κ1) is 8.52. The molecule has 0 aromatic carbocycles. The Hall–Kier alpha value is -1.58. The van der Waals surface area contributed by atoms with E-state index in [-0.39, 0.29) is 5.91 Å². The zero-order chi connectivity index (χ0) is 8.97. The van der Waals surface area contributed by atoms with Gasteiger partial charge in [-0.15, -0.1) is 0 Å². The summed E-state index contributed by atoms with van der Waals surface area (Å²) in [7, 11) is 0. The van der Waals surface area contributed by atoms with Crippen LogP contribution in [0, 0.1) is 6.92 Å². The predicted octanol–water partition coefficient (Wildman–Crippen LogP) is 0.520. The van der Waals surface area contributed by atoms with Gasteiger partial charge in [-0.25, -0.2) is 0 Å². The van der Waals surface area contributed by atoms with Crippen molar-refractivity contribution in [2.45, 2.75) is 13.5 Å². The molecule has 0 saturated carbocycles. The van der Waals surface area contributed by atoms with E-state index in [2.05, 4.69) is 22.1 Å². The molecule has 0 aliphatic rings. The normalized spacial score (nSPS) is 9.42. The number of nitrogens with zero attached hydrogens (tertiary/aromatic N) is 1. The molecular formula is C8H11N3O. The number of carbonyl (C=O) groups excluding carboxylic acids is 1. The van der Waals surface area contributed by atoms with Crippen molar-refractivity contribution in [1.82, 2.24) is 15.5 Å². The summed E-state index contributed by atoms with van der Waals surface area (Å²) in [5.41, 5.74) is 1.96. The molecule has 0 aliphatic heterocycles. The minimum atomic E-state index is -0.171. The monoisotopic (exact) mass is 165 g/mol. The van der Waals surface area contributed by atoms with Crippen LogP contribution in [0.5, 0.6) is 0 Å². The van der Waals surface area contributed by atoms with E-state index in [1.165, 1.54) is 6.08 Å². The molecule has 1 aromatic heterocycles. The Morgan fingerprint density at radius 1 is 1.92 bits per heavy atom. The lowest BCUT2D eigenvalue weighted by Crippen LogP contribution is -2.20. The van der Waals surface area contributed by atoms with Crippen molar-refractivity contribution < 1.29 is 4.79 Å². The van der Waals surface area contributed by atoms with Crippen LogP contribution < -0.4 is 5.32 Å². The van der Waals surface area contributed by atoms with E-state index in [1.807, 2.05) is 6.92 Å². The zero-order valence-electron chi connectivity index (χ0n) is 6.92. The number of carbonyl (C=O) groups is 1. The number of aromatic nitrogens is 2. The molecule has 0 bridgehead atoms. The fraction of sp³-hybridized carbons (Fsp3) is 0.250. The average molecular weight is 165 g/mol. The maximum absolute atomic E-state index is 10.8. The van der Waals surface area contributed by atoms with Crippen molar-refractivity contribution >= 4 is 5.91 Å². The molecule has 1 amide bonds. The summed E-state index contributed by atoms with van der Waals surface area (Å²) in [4.78, 5) is 10.8. The van der Waals surface area contributed by atoms with Crippen LogP contribution in [-0.4, -0.2) is 16.1 Å². The number of aromatic amines is 1. The summed E-state index contributed by atoms with van der Waals surface area (Å²) < 4.78 is 0. The number of amides is 1. The third-order valence-corrected chi connectivity index (χ3v) is 1.57. The number of H-pyrrole nitrogens is 1. The highest BCUT2D eigenvalue weighted by molar-refractivity contribution is 5.86. The van der Waals surface area contributed by atoms with Gasteiger partial charge >= 0.3 is 0 Å². The van der Waals surface area contributed by atoms with Gasteiger partial charge in [0.1, 0.15) is 0 Å². The first-order valence-corrected chi connectivity index (χ1v) is 3.63. The second-order valence-electron chi connectivity index (χ2n) is 2.44. The number of nitrogens with one attached hydrogen (secondary N) is 2. The van der Waals surface area contributed by atoms with E-state index in [0.717, 1.165) is 11.3 Å². The molecule has 12 heavy (non-hydrogen) atoms. The van der Waals surface area contributed by atoms with Gasteiger partial charge in [0.05, 0.1) is 6.20 Å². The van der Waals surface area contributed by atoms with E-state index in [9.17, 15) is 4.79 Å². The van der Waals surface area contributed by atoms with Gasteiger partial charge in [-0.3, -0.25) is 9.89 Å². The molecule has 0 saturated heterocycles. The Morgan fingerprint density at radius 2 is 2.67 bits per heavy atom. The predicted molar refractivity (Wildman–Crippen MR) is 45.4 cm³/mol. The Balaban J connectivity index is 2.48. The lowest BCUT2D eigenvalue weighted by molar-refractivity contribution is -0.116. The standard InChI is InChI=1S/C8H11N3O/c1-3-8(12)9-4-7-5-10-11-6(7)2/h3,5H,1,4H2,2H3,(H,9,12)(H,10,11). The molecule has 0 spiro atoms. The van der Waals surface area contributed by atoms with E-state index in [0.29, 0.717) is 6.54 Å². The fourth-order valence-electron chi connectivity index (χ4n) is 0.808. The molecule has 2 N–H and O–H groups in total. The maximum atomic E-state index is 10.8. The van der Waals surface area contributed by atoms with Gasteiger partial charge in [0.25, 0.3) is 0 Å². The molecule has 0 radical (unpaired) electrons. The topological polar surface area (TPSA) is 57.8 Å². The van der Waals surface area contributed by atoms with Crippen LogP contribution in [0.15, 0.2) is 18.9 Å². The molecule has 0 atom stereocenters. The minimum Gasteiger partial charge on any atom is -0.348 e. The van der Waals surface area contributed by atoms with Crippen molar-refractivity contribution in [3.05, 3.63) is 30.1 Å². The SMILES string of the molecule is C=CC(=O)NCc1cn[nH]c1C.